The van der Waals surface area contributed by atoms with Crippen LogP contribution in [0.5, 0.6) is 11.5 Å². The van der Waals surface area contributed by atoms with E-state index in [1.807, 2.05) is 42.5 Å². The maximum Gasteiger partial charge on any atom is 0.129 e. The van der Waals surface area contributed by atoms with Crippen LogP contribution in [0.15, 0.2) is 77.8 Å². The van der Waals surface area contributed by atoms with Gasteiger partial charge in [-0.3, -0.25) is 4.72 Å². The standard InChI is InChI=1S/C27H28ClN3O2S/c28-21-6-11-27-26(17-21)20(19-29-27)3-2-12-30-34-25-9-7-23(8-10-25)33-24-5-1-4-22(18-24)31-13-15-32-16-14-31/h1,4-11,17-19,29-30H,2-3,12-16H2. The first-order valence-electron chi connectivity index (χ1n) is 11.6. The normalized spacial score (nSPS) is 14.0. The zero-order valence-electron chi connectivity index (χ0n) is 18.9. The topological polar surface area (TPSA) is 49.5 Å². The molecule has 0 aliphatic carbocycles. The number of nitrogens with zero attached hydrogens (tertiary/aromatic N) is 1. The Hall–Kier alpha value is -2.64. The van der Waals surface area contributed by atoms with E-state index in [-0.39, 0.29) is 0 Å². The summed E-state index contributed by atoms with van der Waals surface area (Å²) in [4.78, 5) is 6.81. The van der Waals surface area contributed by atoms with Gasteiger partial charge >= 0.3 is 0 Å². The molecule has 1 fully saturated rings. The Balaban J connectivity index is 1.08. The molecule has 7 heteroatoms. The van der Waals surface area contributed by atoms with E-state index >= 15 is 0 Å². The fraction of sp³-hybridized carbons (Fsp3) is 0.259. The number of fused-ring (bicyclic) bond motifs is 1. The van der Waals surface area contributed by atoms with Crippen LogP contribution in [-0.4, -0.2) is 37.8 Å². The van der Waals surface area contributed by atoms with Crippen LogP contribution in [0.25, 0.3) is 10.9 Å². The minimum absolute atomic E-state index is 0.774. The summed E-state index contributed by atoms with van der Waals surface area (Å²) in [5.74, 6) is 1.68. The highest BCUT2D eigenvalue weighted by atomic mass is 35.5. The molecule has 2 heterocycles. The molecule has 0 amide bonds. The van der Waals surface area contributed by atoms with Crippen LogP contribution in [-0.2, 0) is 11.2 Å². The third kappa shape index (κ3) is 5.88. The SMILES string of the molecule is Clc1ccc2[nH]cc(CCCNSc3ccc(Oc4cccc(N5CCOCC5)c4)cc3)c2c1. The van der Waals surface area contributed by atoms with Crippen molar-refractivity contribution in [3.05, 3.63) is 83.5 Å². The second-order valence-corrected chi connectivity index (χ2v) is 9.67. The molecule has 0 saturated carbocycles. The van der Waals surface area contributed by atoms with E-state index in [1.165, 1.54) is 16.6 Å². The average Bonchev–Trinajstić information content (AvgIpc) is 3.27. The number of aromatic amines is 1. The van der Waals surface area contributed by atoms with E-state index in [0.29, 0.717) is 0 Å². The van der Waals surface area contributed by atoms with Gasteiger partial charge in [-0.2, -0.15) is 0 Å². The first-order chi connectivity index (χ1) is 16.7. The number of aryl methyl sites for hydroxylation is 1. The van der Waals surface area contributed by atoms with Gasteiger partial charge < -0.3 is 19.4 Å². The number of benzene rings is 3. The second-order valence-electron chi connectivity index (χ2n) is 8.27. The molecule has 3 aromatic carbocycles. The highest BCUT2D eigenvalue weighted by Crippen LogP contribution is 2.28. The Bertz CT molecular complexity index is 1220. The van der Waals surface area contributed by atoms with E-state index in [9.17, 15) is 0 Å². The molecule has 1 aliphatic heterocycles. The minimum atomic E-state index is 0.774. The molecule has 176 valence electrons. The predicted molar refractivity (Wildman–Crippen MR) is 141 cm³/mol. The van der Waals surface area contributed by atoms with E-state index < -0.39 is 0 Å². The quantitative estimate of drug-likeness (QED) is 0.201. The van der Waals surface area contributed by atoms with Crippen LogP contribution < -0.4 is 14.4 Å². The monoisotopic (exact) mass is 493 g/mol. The number of anilines is 1. The number of hydrogen-bond acceptors (Lipinski definition) is 5. The second kappa shape index (κ2) is 11.2. The van der Waals surface area contributed by atoms with Crippen LogP contribution in [0, 0.1) is 0 Å². The lowest BCUT2D eigenvalue weighted by atomic mass is 10.1. The zero-order chi connectivity index (χ0) is 23.2. The molecule has 1 saturated heterocycles. The van der Waals surface area contributed by atoms with Crippen molar-refractivity contribution >= 4 is 40.1 Å². The van der Waals surface area contributed by atoms with Gasteiger partial charge in [0.15, 0.2) is 0 Å². The van der Waals surface area contributed by atoms with Gasteiger partial charge in [-0.05, 0) is 85.0 Å². The van der Waals surface area contributed by atoms with Gasteiger partial charge in [0.1, 0.15) is 11.5 Å². The Morgan fingerprint density at radius 3 is 2.71 bits per heavy atom. The highest BCUT2D eigenvalue weighted by Gasteiger charge is 2.12. The highest BCUT2D eigenvalue weighted by molar-refractivity contribution is 7.97. The van der Waals surface area contributed by atoms with Crippen LogP contribution in [0.2, 0.25) is 5.02 Å². The summed E-state index contributed by atoms with van der Waals surface area (Å²) >= 11 is 7.80. The van der Waals surface area contributed by atoms with Crippen molar-refractivity contribution in [2.24, 2.45) is 0 Å². The summed E-state index contributed by atoms with van der Waals surface area (Å²) < 4.78 is 15.0. The van der Waals surface area contributed by atoms with E-state index in [1.54, 1.807) is 11.9 Å². The van der Waals surface area contributed by atoms with Crippen LogP contribution >= 0.6 is 23.5 Å². The summed E-state index contributed by atoms with van der Waals surface area (Å²) in [5, 5.41) is 1.99. The molecule has 1 aromatic heterocycles. The van der Waals surface area contributed by atoms with Crippen molar-refractivity contribution in [1.82, 2.24) is 9.71 Å². The van der Waals surface area contributed by atoms with E-state index in [4.69, 9.17) is 21.1 Å². The van der Waals surface area contributed by atoms with Crippen molar-refractivity contribution in [2.45, 2.75) is 17.7 Å². The maximum atomic E-state index is 6.15. The molecule has 2 N–H and O–H groups in total. The summed E-state index contributed by atoms with van der Waals surface area (Å²) in [7, 11) is 0. The van der Waals surface area contributed by atoms with Gasteiger partial charge in [0.2, 0.25) is 0 Å². The molecule has 5 nitrogen and oxygen atoms in total. The Kier molecular flexibility index (Phi) is 7.61. The number of aromatic nitrogens is 1. The lowest BCUT2D eigenvalue weighted by Crippen LogP contribution is -2.36. The van der Waals surface area contributed by atoms with Crippen molar-refractivity contribution in [1.29, 1.82) is 0 Å². The number of nitrogens with one attached hydrogen (secondary N) is 2. The minimum Gasteiger partial charge on any atom is -0.457 e. The summed E-state index contributed by atoms with van der Waals surface area (Å²) in [6.45, 7) is 4.30. The van der Waals surface area contributed by atoms with Crippen LogP contribution in [0.1, 0.15) is 12.0 Å². The predicted octanol–water partition coefficient (Wildman–Crippen LogP) is 6.68. The Morgan fingerprint density at radius 2 is 1.85 bits per heavy atom. The maximum absolute atomic E-state index is 6.15. The van der Waals surface area contributed by atoms with Gasteiger partial charge in [-0.1, -0.05) is 17.7 Å². The smallest absolute Gasteiger partial charge is 0.129 e. The number of rotatable bonds is 9. The van der Waals surface area contributed by atoms with Gasteiger partial charge in [-0.25, -0.2) is 0 Å². The van der Waals surface area contributed by atoms with Gasteiger partial charge in [-0.15, -0.1) is 0 Å². The fourth-order valence-corrected chi connectivity index (χ4v) is 4.98. The van der Waals surface area contributed by atoms with Gasteiger partial charge in [0.25, 0.3) is 0 Å². The van der Waals surface area contributed by atoms with Crippen LogP contribution in [0.4, 0.5) is 5.69 Å². The molecule has 4 aromatic rings. The molecular formula is C27H28ClN3O2S. The first-order valence-corrected chi connectivity index (χ1v) is 12.8. The third-order valence-electron chi connectivity index (χ3n) is 5.90. The Labute approximate surface area is 209 Å². The molecule has 0 unspecified atom stereocenters. The van der Waals surface area contributed by atoms with Crippen LogP contribution in [0.3, 0.4) is 0 Å². The molecule has 5 rings (SSSR count). The number of H-pyrrole nitrogens is 1. The average molecular weight is 494 g/mol. The van der Waals surface area contributed by atoms with Gasteiger partial charge in [0.05, 0.1) is 13.2 Å². The Morgan fingerprint density at radius 1 is 1.00 bits per heavy atom. The molecule has 0 spiro atoms. The van der Waals surface area contributed by atoms with Crippen molar-refractivity contribution < 1.29 is 9.47 Å². The molecule has 0 radical (unpaired) electrons. The molecular weight excluding hydrogens is 466 g/mol. The number of halogens is 1. The number of ether oxygens (including phenoxy) is 2. The van der Waals surface area contributed by atoms with Crippen molar-refractivity contribution in [3.63, 3.8) is 0 Å². The molecule has 0 atom stereocenters. The third-order valence-corrected chi connectivity index (χ3v) is 6.99. The largest absolute Gasteiger partial charge is 0.457 e. The summed E-state index contributed by atoms with van der Waals surface area (Å²) in [6.07, 6.45) is 4.14. The fourth-order valence-electron chi connectivity index (χ4n) is 4.12. The van der Waals surface area contributed by atoms with E-state index in [2.05, 4.69) is 45.1 Å². The van der Waals surface area contributed by atoms with Crippen molar-refractivity contribution in [2.75, 3.05) is 37.7 Å². The molecule has 1 aliphatic rings. The lowest BCUT2D eigenvalue weighted by molar-refractivity contribution is 0.122. The number of hydrogen-bond donors (Lipinski definition) is 2. The van der Waals surface area contributed by atoms with Crippen molar-refractivity contribution in [3.8, 4) is 11.5 Å². The van der Waals surface area contributed by atoms with Gasteiger partial charge in [0, 0.05) is 58.4 Å². The first kappa shape index (κ1) is 23.1. The van der Waals surface area contributed by atoms with E-state index in [0.717, 1.165) is 72.6 Å². The summed E-state index contributed by atoms with van der Waals surface area (Å²) in [5.41, 5.74) is 3.62. The zero-order valence-corrected chi connectivity index (χ0v) is 20.5. The molecule has 34 heavy (non-hydrogen) atoms. The number of morpholine rings is 1. The molecule has 0 bridgehead atoms. The lowest BCUT2D eigenvalue weighted by Gasteiger charge is -2.29. The summed E-state index contributed by atoms with van der Waals surface area (Å²) in [6, 6.07) is 22.4.